The lowest BCUT2D eigenvalue weighted by Gasteiger charge is -2.32. The SMILES string of the molecule is COC(=O)c1ccc2c(c1)nc(/C=C/c1cccc(Cl)c1F)n2CCN.COC(=O)c1ccc2c(c1)nc1n2C[C@@H]2N[C@@]3(C(=O)Nc4cc(Cl)ccc43)[C@@H](c3cccc(Cl)c3F)[C@H]12.O=C1Nc2cc(Cl)ccc2C1=O. The van der Waals surface area contributed by atoms with E-state index in [2.05, 4.69) is 25.5 Å². The number of methoxy groups -OCH3 is 2. The molecular formula is C54H40Cl4F2N8O7. The van der Waals surface area contributed by atoms with Gasteiger partial charge in [-0.3, -0.25) is 19.7 Å². The second kappa shape index (κ2) is 20.3. The molecule has 1 fully saturated rings. The summed E-state index contributed by atoms with van der Waals surface area (Å²) in [6.07, 6.45) is 3.30. The predicted molar refractivity (Wildman–Crippen MR) is 282 cm³/mol. The summed E-state index contributed by atoms with van der Waals surface area (Å²) >= 11 is 23.9. The van der Waals surface area contributed by atoms with Crippen LogP contribution in [-0.2, 0) is 37.7 Å². The molecule has 21 heteroatoms. The molecule has 0 radical (unpaired) electrons. The summed E-state index contributed by atoms with van der Waals surface area (Å²) in [6.45, 7) is 1.47. The van der Waals surface area contributed by atoms with E-state index >= 15 is 4.39 Å². The molecule has 2 amide bonds. The van der Waals surface area contributed by atoms with Crippen LogP contribution in [-0.4, -0.2) is 75.4 Å². The van der Waals surface area contributed by atoms with Crippen LogP contribution in [0.5, 0.6) is 0 Å². The summed E-state index contributed by atoms with van der Waals surface area (Å²) in [7, 11) is 2.66. The number of Topliss-reactive ketones (excluding diaryl/α,β-unsaturated/α-hetero) is 1. The van der Waals surface area contributed by atoms with Crippen molar-refractivity contribution in [2.75, 3.05) is 31.4 Å². The zero-order chi connectivity index (χ0) is 53.0. The maximum atomic E-state index is 15.7. The van der Waals surface area contributed by atoms with Gasteiger partial charge < -0.3 is 35.0 Å². The Bertz CT molecular complexity index is 3750. The highest BCUT2D eigenvalue weighted by atomic mass is 35.5. The van der Waals surface area contributed by atoms with Gasteiger partial charge in [-0.05, 0) is 96.6 Å². The minimum Gasteiger partial charge on any atom is -0.465 e. The Kier molecular flexibility index (Phi) is 13.8. The van der Waals surface area contributed by atoms with Crippen molar-refractivity contribution in [1.29, 1.82) is 0 Å². The number of hydrogen-bond acceptors (Lipinski definition) is 11. The standard InChI is InChI=1S/C27H19Cl2FN4O3.C19H17ClFN3O2.C8H4ClNO2/c1-37-25(35)12-5-8-20-18(9-12)31-24-21-19(11-34(20)24)33-27(22(21)14-3-2-4-16(29)23(14)30)15-7-6-13(28)10-17(15)32-26(27)36;1-26-19(25)13-5-7-16-15(11-13)23-17(24(16)10-9-22)8-6-12-3-2-4-14(20)18(12)21;9-4-1-2-5-6(3-4)10-8(12)7(5)11/h2-10,19,21-22,33H,11H2,1H3,(H,32,36);2-8,11H,9-10,22H2,1H3;1-3H,(H,10,11,12)/b;8-6+;/t19-,21+,22-,27+;;/m0../s1. The van der Waals surface area contributed by atoms with Gasteiger partial charge in [0, 0.05) is 64.4 Å². The molecule has 15 nitrogen and oxygen atoms in total. The van der Waals surface area contributed by atoms with E-state index in [0.29, 0.717) is 97.1 Å². The molecule has 0 bridgehead atoms. The van der Waals surface area contributed by atoms with Crippen LogP contribution in [0.2, 0.25) is 20.1 Å². The van der Waals surface area contributed by atoms with Gasteiger partial charge in [0.05, 0.1) is 68.7 Å². The Hall–Kier alpha value is -7.51. The van der Waals surface area contributed by atoms with Gasteiger partial charge in [-0.25, -0.2) is 28.3 Å². The Morgan fingerprint density at radius 2 is 1.40 bits per heavy atom. The first-order valence-corrected chi connectivity index (χ1v) is 24.6. The summed E-state index contributed by atoms with van der Waals surface area (Å²) in [6, 6.07) is 29.7. The van der Waals surface area contributed by atoms with Crippen molar-refractivity contribution in [2.45, 2.75) is 36.5 Å². The molecule has 2 aromatic heterocycles. The number of rotatable bonds is 7. The summed E-state index contributed by atoms with van der Waals surface area (Å²) in [5.41, 5.74) is 11.1. The topological polar surface area (TPSA) is 202 Å². The minimum absolute atomic E-state index is 0.0138. The Morgan fingerprint density at radius 1 is 0.760 bits per heavy atom. The molecule has 6 aromatic carbocycles. The molecule has 4 atom stereocenters. The van der Waals surface area contributed by atoms with Crippen molar-refractivity contribution in [2.24, 2.45) is 5.73 Å². The van der Waals surface area contributed by atoms with Crippen molar-refractivity contribution in [3.8, 4) is 0 Å². The van der Waals surface area contributed by atoms with Crippen LogP contribution in [0.1, 0.15) is 71.2 Å². The number of carbonyl (C=O) groups excluding carboxylic acids is 5. The fourth-order valence-corrected chi connectivity index (χ4v) is 11.0. The highest BCUT2D eigenvalue weighted by molar-refractivity contribution is 6.52. The van der Waals surface area contributed by atoms with Gasteiger partial charge in [0.1, 0.15) is 28.8 Å². The fraction of sp³-hybridized carbons (Fsp3) is 0.167. The molecule has 1 spiro atoms. The molecule has 0 saturated carbocycles. The predicted octanol–water partition coefficient (Wildman–Crippen LogP) is 10.2. The second-order valence-corrected chi connectivity index (χ2v) is 19.4. The van der Waals surface area contributed by atoms with E-state index in [-0.39, 0.29) is 27.9 Å². The van der Waals surface area contributed by atoms with E-state index in [4.69, 9.17) is 66.6 Å². The van der Waals surface area contributed by atoms with Gasteiger partial charge in [-0.2, -0.15) is 0 Å². The third kappa shape index (κ3) is 8.98. The molecular weight excluding hydrogens is 1050 g/mol. The summed E-state index contributed by atoms with van der Waals surface area (Å²) < 4.78 is 43.3. The Balaban J connectivity index is 0.000000146. The molecule has 0 unspecified atom stereocenters. The number of benzene rings is 6. The van der Waals surface area contributed by atoms with E-state index < -0.39 is 46.7 Å². The van der Waals surface area contributed by atoms with Crippen LogP contribution in [0.4, 0.5) is 20.2 Å². The first-order chi connectivity index (χ1) is 36.1. The maximum Gasteiger partial charge on any atom is 0.337 e. The van der Waals surface area contributed by atoms with Crippen molar-refractivity contribution in [3.63, 3.8) is 0 Å². The summed E-state index contributed by atoms with van der Waals surface area (Å²) in [4.78, 5) is 68.9. The lowest BCUT2D eigenvalue weighted by Crippen LogP contribution is -2.49. The van der Waals surface area contributed by atoms with Gasteiger partial charge >= 0.3 is 11.9 Å². The molecule has 5 N–H and O–H groups in total. The van der Waals surface area contributed by atoms with Crippen molar-refractivity contribution >= 4 is 122 Å². The maximum absolute atomic E-state index is 15.7. The zero-order valence-electron chi connectivity index (χ0n) is 39.4. The molecule has 0 aliphatic carbocycles. The number of anilines is 2. The Labute approximate surface area is 445 Å². The van der Waals surface area contributed by atoms with Crippen molar-refractivity contribution in [3.05, 3.63) is 186 Å². The van der Waals surface area contributed by atoms with Gasteiger partial charge in [-0.15, -0.1) is 0 Å². The molecule has 75 heavy (non-hydrogen) atoms. The number of nitrogens with two attached hydrogens (primary N) is 1. The van der Waals surface area contributed by atoms with E-state index in [1.54, 1.807) is 91.0 Å². The first-order valence-electron chi connectivity index (χ1n) is 23.0. The van der Waals surface area contributed by atoms with Gasteiger partial charge in [-0.1, -0.05) is 76.7 Å². The molecule has 380 valence electrons. The van der Waals surface area contributed by atoms with E-state index in [1.807, 2.05) is 16.7 Å². The Morgan fingerprint density at radius 3 is 2.09 bits per heavy atom. The lowest BCUT2D eigenvalue weighted by atomic mass is 9.71. The van der Waals surface area contributed by atoms with Crippen LogP contribution < -0.4 is 21.7 Å². The summed E-state index contributed by atoms with van der Waals surface area (Å²) in [5.74, 6) is -2.99. The van der Waals surface area contributed by atoms with Crippen LogP contribution in [0, 0.1) is 11.6 Å². The van der Waals surface area contributed by atoms with Gasteiger partial charge in [0.2, 0.25) is 5.91 Å². The number of nitrogens with one attached hydrogen (secondary N) is 3. The minimum atomic E-state index is -1.25. The average Bonchev–Trinajstić information content (AvgIpc) is 4.23. The van der Waals surface area contributed by atoms with Crippen LogP contribution >= 0.6 is 46.4 Å². The summed E-state index contributed by atoms with van der Waals surface area (Å²) in [5, 5.41) is 9.99. The number of ether oxygens (including phenoxy) is 2. The highest BCUT2D eigenvalue weighted by Crippen LogP contribution is 2.60. The van der Waals surface area contributed by atoms with E-state index in [9.17, 15) is 28.4 Å². The quantitative estimate of drug-likeness (QED) is 0.0874. The molecule has 12 rings (SSSR count). The zero-order valence-corrected chi connectivity index (χ0v) is 42.4. The normalized spacial score (nSPS) is 18.7. The number of imidazole rings is 2. The molecule has 6 heterocycles. The smallest absolute Gasteiger partial charge is 0.337 e. The fourth-order valence-electron chi connectivity index (χ4n) is 10.3. The van der Waals surface area contributed by atoms with Crippen LogP contribution in [0.3, 0.4) is 0 Å². The monoisotopic (exact) mass is 1090 g/mol. The third-order valence-electron chi connectivity index (χ3n) is 13.5. The number of amides is 2. The average molecular weight is 1090 g/mol. The number of aromatic nitrogens is 4. The second-order valence-electron chi connectivity index (χ2n) is 17.7. The van der Waals surface area contributed by atoms with Crippen molar-refractivity contribution < 1.29 is 42.2 Å². The molecule has 8 aromatic rings. The highest BCUT2D eigenvalue weighted by Gasteiger charge is 2.65. The van der Waals surface area contributed by atoms with E-state index in [0.717, 1.165) is 11.0 Å². The molecule has 1 saturated heterocycles. The van der Waals surface area contributed by atoms with Crippen molar-refractivity contribution in [1.82, 2.24) is 24.4 Å². The first kappa shape index (κ1) is 51.0. The van der Waals surface area contributed by atoms with Crippen LogP contribution in [0.15, 0.2) is 109 Å². The van der Waals surface area contributed by atoms with E-state index in [1.165, 1.54) is 32.4 Å². The number of carbonyl (C=O) groups is 5. The largest absolute Gasteiger partial charge is 0.465 e. The molecule has 4 aliphatic rings. The number of hydrogen-bond donors (Lipinski definition) is 4. The lowest BCUT2D eigenvalue weighted by molar-refractivity contribution is -0.122. The number of esters is 2. The van der Waals surface area contributed by atoms with Gasteiger partial charge in [0.15, 0.2) is 0 Å². The number of halogens is 6. The number of nitrogens with zero attached hydrogens (tertiary/aromatic N) is 4. The van der Waals surface area contributed by atoms with Crippen LogP contribution in [0.25, 0.3) is 34.2 Å². The molecule has 4 aliphatic heterocycles. The third-order valence-corrected chi connectivity index (χ3v) is 14.6. The number of ketones is 1. The van der Waals surface area contributed by atoms with Gasteiger partial charge in [0.25, 0.3) is 11.7 Å². The number of fused-ring (bicyclic) bond motifs is 9.